The van der Waals surface area contributed by atoms with Gasteiger partial charge in [-0.05, 0) is 24.3 Å². The molecule has 0 radical (unpaired) electrons. The molecule has 0 fully saturated rings. The topological polar surface area (TPSA) is 29.1 Å². The van der Waals surface area contributed by atoms with E-state index >= 15 is 0 Å². The zero-order valence-electron chi connectivity index (χ0n) is 6.73. The highest BCUT2D eigenvalue weighted by molar-refractivity contribution is 9.10. The molecule has 0 atom stereocenters. The van der Waals surface area contributed by atoms with Crippen LogP contribution in [0.15, 0.2) is 24.3 Å². The van der Waals surface area contributed by atoms with E-state index < -0.39 is 10.7 Å². The van der Waals surface area contributed by atoms with Gasteiger partial charge in [-0.1, -0.05) is 11.6 Å². The molecule has 0 aliphatic heterocycles. The van der Waals surface area contributed by atoms with Gasteiger partial charge in [0.1, 0.15) is 0 Å². The van der Waals surface area contributed by atoms with Crippen molar-refractivity contribution in [3.8, 4) is 0 Å². The average Bonchev–Trinajstić information content (AvgIpc) is 2.07. The number of hydrogen-bond donors (Lipinski definition) is 1. The summed E-state index contributed by atoms with van der Waals surface area (Å²) in [4.78, 5) is 7.22. The lowest BCUT2D eigenvalue weighted by Crippen LogP contribution is -2.28. The minimum Gasteiger partial charge on any atom is -0.320 e. The molecule has 0 saturated heterocycles. The lowest BCUT2D eigenvalue weighted by Gasteiger charge is -2.08. The fraction of sp³-hybridized carbons (Fsp3) is 0.125. The van der Waals surface area contributed by atoms with E-state index in [-0.39, 0.29) is 5.69 Å². The highest BCUT2D eigenvalue weighted by atomic mass is 79.9. The number of halogens is 4. The average molecular weight is 284 g/mol. The third kappa shape index (κ3) is 3.23. The number of alkyl halides is 3. The minimum atomic E-state index is -3.56. The summed E-state index contributed by atoms with van der Waals surface area (Å²) in [5, 5.41) is 2.48. The summed E-state index contributed by atoms with van der Waals surface area (Å²) >= 11 is 7.51. The van der Waals surface area contributed by atoms with Crippen molar-refractivity contribution in [2.75, 3.05) is 5.32 Å². The van der Waals surface area contributed by atoms with Gasteiger partial charge in [-0.25, -0.2) is 0 Å². The summed E-state index contributed by atoms with van der Waals surface area (Å²) in [6, 6.07) is 5.84. The molecule has 1 rings (SSSR count). The normalized spacial score (nSPS) is 11.1. The molecule has 0 aliphatic rings. The van der Waals surface area contributed by atoms with Gasteiger partial charge in [0.05, 0.1) is 0 Å². The van der Waals surface area contributed by atoms with Crippen LogP contribution in [-0.4, -0.2) is 10.7 Å². The Morgan fingerprint density at radius 1 is 1.36 bits per heavy atom. The van der Waals surface area contributed by atoms with Gasteiger partial charge in [0.2, 0.25) is 0 Å². The molecule has 6 heteroatoms. The second-order valence-corrected chi connectivity index (χ2v) is 3.89. The first-order valence-electron chi connectivity index (χ1n) is 3.53. The molecule has 0 aromatic heterocycles. The van der Waals surface area contributed by atoms with Gasteiger partial charge in [-0.2, -0.15) is 8.78 Å². The second-order valence-electron chi connectivity index (χ2n) is 2.46. The van der Waals surface area contributed by atoms with Crippen LogP contribution in [0.5, 0.6) is 0 Å². The summed E-state index contributed by atoms with van der Waals surface area (Å²) in [5.41, 5.74) is 0.263. The molecule has 2 nitrogen and oxygen atoms in total. The number of hydrogen-bond acceptors (Lipinski definition) is 1. The number of benzene rings is 1. The number of anilines is 1. The summed E-state index contributed by atoms with van der Waals surface area (Å²) in [6.07, 6.45) is 0. The number of carbonyl (C=O) groups excluding carboxylic acids is 1. The van der Waals surface area contributed by atoms with Gasteiger partial charge in [-0.3, -0.25) is 4.79 Å². The molecule has 1 amide bonds. The Kier molecular flexibility index (Phi) is 3.44. The van der Waals surface area contributed by atoms with E-state index in [1.165, 1.54) is 24.3 Å². The van der Waals surface area contributed by atoms with Gasteiger partial charge >= 0.3 is 10.7 Å². The van der Waals surface area contributed by atoms with Crippen LogP contribution in [0.1, 0.15) is 0 Å². The van der Waals surface area contributed by atoms with Crippen molar-refractivity contribution in [3.63, 3.8) is 0 Å². The molecular formula is C8H5BrClF2NO. The Morgan fingerprint density at radius 2 is 1.86 bits per heavy atom. The molecule has 0 spiro atoms. The molecule has 1 N–H and O–H groups in total. The highest BCUT2D eigenvalue weighted by Gasteiger charge is 2.34. The first kappa shape index (κ1) is 11.4. The Balaban J connectivity index is 2.71. The first-order valence-corrected chi connectivity index (χ1v) is 4.70. The van der Waals surface area contributed by atoms with Crippen LogP contribution < -0.4 is 5.32 Å². The van der Waals surface area contributed by atoms with Gasteiger partial charge in [0.25, 0.3) is 0 Å². The van der Waals surface area contributed by atoms with Crippen molar-refractivity contribution < 1.29 is 13.6 Å². The highest BCUT2D eigenvalue weighted by Crippen LogP contribution is 2.24. The van der Waals surface area contributed by atoms with Crippen molar-refractivity contribution in [1.29, 1.82) is 0 Å². The van der Waals surface area contributed by atoms with Crippen LogP contribution in [0.25, 0.3) is 0 Å². The molecule has 14 heavy (non-hydrogen) atoms. The maximum atomic E-state index is 12.4. The van der Waals surface area contributed by atoms with E-state index in [1.54, 1.807) is 0 Å². The lowest BCUT2D eigenvalue weighted by molar-refractivity contribution is -0.128. The van der Waals surface area contributed by atoms with Crippen molar-refractivity contribution in [2.24, 2.45) is 0 Å². The fourth-order valence-electron chi connectivity index (χ4n) is 0.735. The summed E-state index contributed by atoms with van der Waals surface area (Å²) in [5.74, 6) is -1.42. The molecule has 1 aromatic carbocycles. The van der Waals surface area contributed by atoms with Crippen molar-refractivity contribution >= 4 is 39.1 Å². The molecule has 0 bridgehead atoms. The zero-order chi connectivity index (χ0) is 10.8. The quantitative estimate of drug-likeness (QED) is 0.830. The van der Waals surface area contributed by atoms with Crippen LogP contribution in [-0.2, 0) is 4.79 Å². The van der Waals surface area contributed by atoms with Crippen LogP contribution >= 0.6 is 27.5 Å². The van der Waals surface area contributed by atoms with Gasteiger partial charge in [0, 0.05) is 26.6 Å². The molecule has 1 aromatic rings. The smallest absolute Gasteiger partial charge is 0.320 e. The van der Waals surface area contributed by atoms with E-state index in [2.05, 4.69) is 0 Å². The van der Waals surface area contributed by atoms with Crippen LogP contribution in [0, 0.1) is 0 Å². The van der Waals surface area contributed by atoms with Crippen molar-refractivity contribution in [2.45, 2.75) is 4.83 Å². The predicted molar refractivity (Wildman–Crippen MR) is 54.0 cm³/mol. The number of carbonyl (C=O) groups is 1. The lowest BCUT2D eigenvalue weighted by atomic mass is 10.3. The fourth-order valence-corrected chi connectivity index (χ4v) is 0.960. The molecule has 76 valence electrons. The Hall–Kier alpha value is -0.680. The Labute approximate surface area is 92.4 Å². The van der Waals surface area contributed by atoms with Crippen LogP contribution in [0.4, 0.5) is 14.5 Å². The SMILES string of the molecule is O=C(Nc1ccc(Cl)cc1)C(F)(F)Br. The summed E-state index contributed by atoms with van der Waals surface area (Å²) < 4.78 is 24.7. The third-order valence-electron chi connectivity index (χ3n) is 1.36. The van der Waals surface area contributed by atoms with E-state index in [4.69, 9.17) is 11.6 Å². The Bertz CT molecular complexity index is 336. The number of rotatable bonds is 2. The maximum absolute atomic E-state index is 12.4. The van der Waals surface area contributed by atoms with Gasteiger partial charge < -0.3 is 5.32 Å². The Morgan fingerprint density at radius 3 is 2.29 bits per heavy atom. The van der Waals surface area contributed by atoms with Crippen molar-refractivity contribution in [1.82, 2.24) is 0 Å². The molecular weight excluding hydrogens is 279 g/mol. The summed E-state index contributed by atoms with van der Waals surface area (Å²) in [6.45, 7) is 0. The second kappa shape index (κ2) is 4.23. The number of nitrogens with one attached hydrogen (secondary N) is 1. The zero-order valence-corrected chi connectivity index (χ0v) is 9.07. The molecule has 0 heterocycles. The summed E-state index contributed by atoms with van der Waals surface area (Å²) in [7, 11) is 0. The van der Waals surface area contributed by atoms with Crippen LogP contribution in [0.2, 0.25) is 5.02 Å². The molecule has 0 aliphatic carbocycles. The molecule has 0 unspecified atom stereocenters. The van der Waals surface area contributed by atoms with E-state index in [0.717, 1.165) is 0 Å². The monoisotopic (exact) mass is 283 g/mol. The van der Waals surface area contributed by atoms with Gasteiger partial charge in [-0.15, -0.1) is 0 Å². The van der Waals surface area contributed by atoms with E-state index in [9.17, 15) is 13.6 Å². The van der Waals surface area contributed by atoms with E-state index in [1.807, 2.05) is 21.2 Å². The predicted octanol–water partition coefficient (Wildman–Crippen LogP) is 3.27. The standard InChI is InChI=1S/C8H5BrClF2NO/c9-8(11,12)7(14)13-6-3-1-5(10)2-4-6/h1-4H,(H,13,14). The van der Waals surface area contributed by atoms with Crippen LogP contribution in [0.3, 0.4) is 0 Å². The van der Waals surface area contributed by atoms with E-state index in [0.29, 0.717) is 5.02 Å². The number of amides is 1. The first-order chi connectivity index (χ1) is 6.39. The van der Waals surface area contributed by atoms with Crippen molar-refractivity contribution in [3.05, 3.63) is 29.3 Å². The third-order valence-corrected chi connectivity index (χ3v) is 1.97. The maximum Gasteiger partial charge on any atom is 0.378 e. The minimum absolute atomic E-state index is 0.263. The largest absolute Gasteiger partial charge is 0.378 e. The molecule has 0 saturated carbocycles. The van der Waals surface area contributed by atoms with Gasteiger partial charge in [0.15, 0.2) is 0 Å².